The third-order valence-corrected chi connectivity index (χ3v) is 7.91. The van der Waals surface area contributed by atoms with E-state index >= 15 is 0 Å². The lowest BCUT2D eigenvalue weighted by Crippen LogP contribution is -2.43. The zero-order valence-electron chi connectivity index (χ0n) is 21.7. The number of benzene rings is 2. The zero-order chi connectivity index (χ0) is 26.2. The van der Waals surface area contributed by atoms with E-state index in [2.05, 4.69) is 17.1 Å². The Bertz CT molecular complexity index is 1060. The normalized spacial score (nSPS) is 20.6. The van der Waals surface area contributed by atoms with Gasteiger partial charge in [0.05, 0.1) is 5.92 Å². The zero-order valence-corrected chi connectivity index (χ0v) is 21.7. The van der Waals surface area contributed by atoms with Gasteiger partial charge < -0.3 is 20.6 Å². The predicted octanol–water partition coefficient (Wildman–Crippen LogP) is 4.78. The van der Waals surface area contributed by atoms with Crippen LogP contribution in [0.1, 0.15) is 55.6 Å². The Morgan fingerprint density at radius 3 is 2.22 bits per heavy atom. The van der Waals surface area contributed by atoms with Crippen molar-refractivity contribution in [3.05, 3.63) is 95.7 Å². The molecule has 1 saturated heterocycles. The monoisotopic (exact) mass is 501 g/mol. The summed E-state index contributed by atoms with van der Waals surface area (Å²) in [6.07, 6.45) is 12.2. The van der Waals surface area contributed by atoms with E-state index in [-0.39, 0.29) is 11.9 Å². The number of allylic oxidation sites excluding steroid dienone is 3. The summed E-state index contributed by atoms with van der Waals surface area (Å²) in [5.41, 5.74) is 8.73. The van der Waals surface area contributed by atoms with E-state index in [4.69, 9.17) is 5.73 Å². The molecule has 2 aromatic carbocycles. The second-order valence-corrected chi connectivity index (χ2v) is 10.4. The maximum atomic E-state index is 13.9. The number of likely N-dealkylation sites (tertiary alicyclic amines) is 1. The summed E-state index contributed by atoms with van der Waals surface area (Å²) in [5.74, 6) is -0.940. The van der Waals surface area contributed by atoms with Crippen molar-refractivity contribution in [3.8, 4) is 0 Å². The van der Waals surface area contributed by atoms with Crippen LogP contribution in [0, 0.1) is 5.92 Å². The summed E-state index contributed by atoms with van der Waals surface area (Å²) in [6.45, 7) is 1.22. The van der Waals surface area contributed by atoms with Crippen molar-refractivity contribution in [2.45, 2.75) is 56.5 Å². The van der Waals surface area contributed by atoms with Crippen LogP contribution in [0.4, 0.5) is 0 Å². The number of carbonyl (C=O) groups is 2. The van der Waals surface area contributed by atoms with Gasteiger partial charge >= 0.3 is 5.97 Å². The van der Waals surface area contributed by atoms with Crippen molar-refractivity contribution in [3.63, 3.8) is 0 Å². The van der Waals surface area contributed by atoms with Gasteiger partial charge in [-0.2, -0.15) is 0 Å². The van der Waals surface area contributed by atoms with Crippen LogP contribution >= 0.6 is 0 Å². The SMILES string of the molecule is CN(CCCC(/C=C\C1CCC1)=C/N)[C@H]1C[C@@H](C(=O)O)N(C(=O)C(c2ccccc2)c2ccccc2)C1. The quantitative estimate of drug-likeness (QED) is 0.433. The van der Waals surface area contributed by atoms with E-state index in [1.165, 1.54) is 19.3 Å². The number of nitrogens with zero attached hydrogens (tertiary/aromatic N) is 2. The fourth-order valence-electron chi connectivity index (χ4n) is 5.37. The molecule has 2 fully saturated rings. The molecule has 0 spiro atoms. The topological polar surface area (TPSA) is 86.9 Å². The molecule has 3 N–H and O–H groups in total. The molecule has 0 radical (unpaired) electrons. The fourth-order valence-corrected chi connectivity index (χ4v) is 5.37. The first-order chi connectivity index (χ1) is 18.0. The lowest BCUT2D eigenvalue weighted by atomic mass is 9.85. The fraction of sp³-hybridized carbons (Fsp3) is 0.419. The molecule has 196 valence electrons. The maximum Gasteiger partial charge on any atom is 0.326 e. The number of hydrogen-bond donors (Lipinski definition) is 2. The second kappa shape index (κ2) is 12.7. The van der Waals surface area contributed by atoms with Crippen molar-refractivity contribution in [2.24, 2.45) is 11.7 Å². The number of hydrogen-bond acceptors (Lipinski definition) is 4. The van der Waals surface area contributed by atoms with E-state index in [1.54, 1.807) is 11.1 Å². The van der Waals surface area contributed by atoms with Crippen molar-refractivity contribution < 1.29 is 14.7 Å². The Hall–Kier alpha value is -3.38. The van der Waals surface area contributed by atoms with Gasteiger partial charge in [0.2, 0.25) is 5.91 Å². The summed E-state index contributed by atoms with van der Waals surface area (Å²) in [5, 5.41) is 10.0. The van der Waals surface area contributed by atoms with Crippen molar-refractivity contribution in [1.29, 1.82) is 0 Å². The number of aliphatic carboxylic acids is 1. The van der Waals surface area contributed by atoms with Crippen molar-refractivity contribution in [1.82, 2.24) is 9.80 Å². The van der Waals surface area contributed by atoms with Gasteiger partial charge in [0.1, 0.15) is 6.04 Å². The highest BCUT2D eigenvalue weighted by molar-refractivity contribution is 5.91. The van der Waals surface area contributed by atoms with Crippen molar-refractivity contribution in [2.75, 3.05) is 20.1 Å². The summed E-state index contributed by atoms with van der Waals surface area (Å²) in [7, 11) is 2.03. The Balaban J connectivity index is 1.42. The molecule has 2 atom stereocenters. The van der Waals surface area contributed by atoms with Gasteiger partial charge in [-0.05, 0) is 74.5 Å². The molecule has 1 heterocycles. The van der Waals surface area contributed by atoms with E-state index in [0.717, 1.165) is 36.1 Å². The highest BCUT2D eigenvalue weighted by atomic mass is 16.4. The minimum Gasteiger partial charge on any atom is -0.480 e. The van der Waals surface area contributed by atoms with Crippen molar-refractivity contribution >= 4 is 11.9 Å². The van der Waals surface area contributed by atoms with E-state index in [9.17, 15) is 14.7 Å². The smallest absolute Gasteiger partial charge is 0.326 e. The third kappa shape index (κ3) is 6.69. The average Bonchev–Trinajstić information content (AvgIpc) is 3.34. The van der Waals surface area contributed by atoms with Crippen LogP contribution in [0.15, 0.2) is 84.6 Å². The molecule has 0 bridgehead atoms. The minimum atomic E-state index is -0.946. The van der Waals surface area contributed by atoms with Crippen LogP contribution in [0.5, 0.6) is 0 Å². The molecule has 2 aromatic rings. The van der Waals surface area contributed by atoms with E-state index in [0.29, 0.717) is 18.9 Å². The van der Waals surface area contributed by atoms with Gasteiger partial charge in [-0.1, -0.05) is 79.2 Å². The summed E-state index contributed by atoms with van der Waals surface area (Å²) in [4.78, 5) is 30.0. The molecule has 1 aliphatic carbocycles. The Morgan fingerprint density at radius 1 is 1.08 bits per heavy atom. The molecule has 1 aliphatic heterocycles. The lowest BCUT2D eigenvalue weighted by Gasteiger charge is -2.28. The minimum absolute atomic E-state index is 0.00642. The Kier molecular flexibility index (Phi) is 9.18. The molecule has 37 heavy (non-hydrogen) atoms. The number of carbonyl (C=O) groups excluding carboxylic acids is 1. The maximum absolute atomic E-state index is 13.9. The highest BCUT2D eigenvalue weighted by Crippen LogP contribution is 2.32. The van der Waals surface area contributed by atoms with Gasteiger partial charge in [0, 0.05) is 12.6 Å². The average molecular weight is 502 g/mol. The predicted molar refractivity (Wildman–Crippen MR) is 147 cm³/mol. The lowest BCUT2D eigenvalue weighted by molar-refractivity contribution is -0.148. The largest absolute Gasteiger partial charge is 0.480 e. The van der Waals surface area contributed by atoms with Crippen LogP contribution in [-0.2, 0) is 9.59 Å². The molecule has 2 aliphatic rings. The number of carboxylic acids is 1. The third-order valence-electron chi connectivity index (χ3n) is 7.91. The molecule has 6 heteroatoms. The molecule has 4 rings (SSSR count). The summed E-state index contributed by atoms with van der Waals surface area (Å²) >= 11 is 0. The van der Waals surface area contributed by atoms with Gasteiger partial charge in [-0.25, -0.2) is 4.79 Å². The first-order valence-corrected chi connectivity index (χ1v) is 13.4. The molecule has 0 aromatic heterocycles. The number of rotatable bonds is 11. The van der Waals surface area contributed by atoms with Gasteiger partial charge in [-0.15, -0.1) is 0 Å². The van der Waals surface area contributed by atoms with Crippen LogP contribution in [-0.4, -0.2) is 59.0 Å². The summed E-state index contributed by atoms with van der Waals surface area (Å²) < 4.78 is 0. The van der Waals surface area contributed by atoms with E-state index in [1.807, 2.05) is 67.7 Å². The molecule has 6 nitrogen and oxygen atoms in total. The number of nitrogens with two attached hydrogens (primary N) is 1. The van der Waals surface area contributed by atoms with Gasteiger partial charge in [0.25, 0.3) is 0 Å². The molecular weight excluding hydrogens is 462 g/mol. The first kappa shape index (κ1) is 26.7. The molecule has 0 unspecified atom stereocenters. The van der Waals surface area contributed by atoms with E-state index < -0.39 is 17.9 Å². The second-order valence-electron chi connectivity index (χ2n) is 10.4. The highest BCUT2D eigenvalue weighted by Gasteiger charge is 2.43. The number of likely N-dealkylation sites (N-methyl/N-ethyl adjacent to an activating group) is 1. The van der Waals surface area contributed by atoms with Gasteiger partial charge in [0.15, 0.2) is 0 Å². The molecular formula is C31H39N3O3. The van der Waals surface area contributed by atoms with Crippen LogP contribution < -0.4 is 5.73 Å². The number of amides is 1. The Morgan fingerprint density at radius 2 is 1.70 bits per heavy atom. The molecule has 1 amide bonds. The number of carboxylic acid groups (broad SMARTS) is 1. The Labute approximate surface area is 220 Å². The first-order valence-electron chi connectivity index (χ1n) is 13.4. The molecule has 1 saturated carbocycles. The van der Waals surface area contributed by atoms with Crippen LogP contribution in [0.25, 0.3) is 0 Å². The summed E-state index contributed by atoms with van der Waals surface area (Å²) in [6, 6.07) is 18.4. The van der Waals surface area contributed by atoms with Crippen LogP contribution in [0.2, 0.25) is 0 Å². The van der Waals surface area contributed by atoms with Gasteiger partial charge in [-0.3, -0.25) is 4.79 Å². The standard InChI is InChI=1S/C31H39N3O3/c1-33(19-9-12-24(21-32)18-17-23-10-8-11-23)27-20-28(31(36)37)34(22-27)30(35)29(25-13-4-2-5-14-25)26-15-6-3-7-16-26/h2-7,13-18,21,23,27-29H,8-12,19-20,22,32H2,1H3,(H,36,37)/b18-17-,24-21-/t27-,28-/m0/s1. The van der Waals surface area contributed by atoms with Crippen LogP contribution in [0.3, 0.4) is 0 Å².